The van der Waals surface area contributed by atoms with Gasteiger partial charge in [-0.1, -0.05) is 59.2 Å². The van der Waals surface area contributed by atoms with Crippen LogP contribution in [0.15, 0.2) is 65.8 Å². The molecule has 0 radical (unpaired) electrons. The van der Waals surface area contributed by atoms with E-state index in [0.29, 0.717) is 6.61 Å². The molecular formula is C26H29Cl2N3O. The van der Waals surface area contributed by atoms with Crippen molar-refractivity contribution in [1.29, 1.82) is 0 Å². The van der Waals surface area contributed by atoms with Crippen molar-refractivity contribution in [3.05, 3.63) is 76.8 Å². The topological polar surface area (TPSA) is 28.1 Å². The zero-order valence-corrected chi connectivity index (χ0v) is 19.7. The van der Waals surface area contributed by atoms with Gasteiger partial charge in [-0.05, 0) is 53.8 Å². The quantitative estimate of drug-likeness (QED) is 0.337. The average Bonchev–Trinajstić information content (AvgIpc) is 3.23. The summed E-state index contributed by atoms with van der Waals surface area (Å²) in [5.74, 6) is 0. The maximum absolute atomic E-state index is 6.13. The van der Waals surface area contributed by atoms with Gasteiger partial charge in [-0.2, -0.15) is 0 Å². The van der Waals surface area contributed by atoms with Crippen LogP contribution in [0.3, 0.4) is 0 Å². The van der Waals surface area contributed by atoms with E-state index >= 15 is 0 Å². The van der Waals surface area contributed by atoms with Gasteiger partial charge in [0.05, 0.1) is 5.71 Å². The van der Waals surface area contributed by atoms with E-state index in [4.69, 9.17) is 16.4 Å². The molecule has 1 heterocycles. The number of anilines is 1. The van der Waals surface area contributed by atoms with Crippen molar-refractivity contribution in [2.24, 2.45) is 5.16 Å². The monoisotopic (exact) mass is 469 g/mol. The second-order valence-corrected chi connectivity index (χ2v) is 8.78. The van der Waals surface area contributed by atoms with E-state index in [-0.39, 0.29) is 12.4 Å². The van der Waals surface area contributed by atoms with Gasteiger partial charge in [-0.25, -0.2) is 0 Å². The van der Waals surface area contributed by atoms with Crippen molar-refractivity contribution in [1.82, 2.24) is 4.90 Å². The van der Waals surface area contributed by atoms with E-state index in [2.05, 4.69) is 57.4 Å². The van der Waals surface area contributed by atoms with Crippen LogP contribution in [0.2, 0.25) is 5.02 Å². The van der Waals surface area contributed by atoms with Crippen LogP contribution in [-0.4, -0.2) is 49.9 Å². The number of hydrogen-bond acceptors (Lipinski definition) is 4. The molecule has 168 valence electrons. The van der Waals surface area contributed by atoms with Gasteiger partial charge in [-0.15, -0.1) is 12.4 Å². The summed E-state index contributed by atoms with van der Waals surface area (Å²) < 4.78 is 0. The fraction of sp³-hybridized carbons (Fsp3) is 0.346. The highest BCUT2D eigenvalue weighted by Gasteiger charge is 2.20. The Labute approximate surface area is 201 Å². The number of halogens is 2. The smallest absolute Gasteiger partial charge is 0.118 e. The van der Waals surface area contributed by atoms with Gasteiger partial charge < -0.3 is 9.74 Å². The van der Waals surface area contributed by atoms with E-state index in [1.165, 1.54) is 27.6 Å². The largest absolute Gasteiger partial charge is 0.396 e. The van der Waals surface area contributed by atoms with Crippen molar-refractivity contribution in [3.8, 4) is 0 Å². The molecule has 3 aromatic rings. The molecule has 32 heavy (non-hydrogen) atoms. The van der Waals surface area contributed by atoms with Gasteiger partial charge in [0, 0.05) is 49.0 Å². The molecule has 2 aliphatic rings. The average molecular weight is 470 g/mol. The number of oxime groups is 1. The minimum atomic E-state index is 0. The molecule has 3 aromatic carbocycles. The number of fused-ring (bicyclic) bond motifs is 3. The van der Waals surface area contributed by atoms with Crippen LogP contribution in [0.4, 0.5) is 5.69 Å². The molecule has 0 atom stereocenters. The Kier molecular flexibility index (Phi) is 7.56. The van der Waals surface area contributed by atoms with E-state index in [9.17, 15) is 0 Å². The first-order chi connectivity index (χ1) is 15.3. The summed E-state index contributed by atoms with van der Waals surface area (Å²) in [5.41, 5.74) is 4.99. The van der Waals surface area contributed by atoms with E-state index < -0.39 is 0 Å². The minimum absolute atomic E-state index is 0. The zero-order chi connectivity index (χ0) is 21.0. The normalized spacial score (nSPS) is 17.4. The third-order valence-corrected chi connectivity index (χ3v) is 6.63. The summed E-state index contributed by atoms with van der Waals surface area (Å²) in [6.07, 6.45) is 3.02. The van der Waals surface area contributed by atoms with Crippen LogP contribution in [0.5, 0.6) is 0 Å². The first-order valence-corrected chi connectivity index (χ1v) is 11.6. The van der Waals surface area contributed by atoms with Crippen molar-refractivity contribution in [2.45, 2.75) is 19.3 Å². The van der Waals surface area contributed by atoms with Crippen molar-refractivity contribution in [3.63, 3.8) is 0 Å². The molecule has 0 bridgehead atoms. The number of piperazine rings is 1. The SMILES string of the molecule is Cl.Clc1cccc(N2CCN(CCCO/N=C3\CCc4c3ccc3ccccc43)CC2)c1. The van der Waals surface area contributed by atoms with Crippen LogP contribution in [0.25, 0.3) is 10.8 Å². The Morgan fingerprint density at radius 1 is 0.906 bits per heavy atom. The Balaban J connectivity index is 0.00000245. The number of benzene rings is 3. The molecule has 0 spiro atoms. The van der Waals surface area contributed by atoms with Gasteiger partial charge in [0.1, 0.15) is 6.61 Å². The van der Waals surface area contributed by atoms with Gasteiger partial charge in [0.2, 0.25) is 0 Å². The fourth-order valence-electron chi connectivity index (χ4n) is 4.73. The maximum atomic E-state index is 6.13. The van der Waals surface area contributed by atoms with Crippen LogP contribution < -0.4 is 4.90 Å². The van der Waals surface area contributed by atoms with Crippen molar-refractivity contribution < 1.29 is 4.84 Å². The second kappa shape index (κ2) is 10.6. The van der Waals surface area contributed by atoms with Crippen LogP contribution in [0.1, 0.15) is 24.0 Å². The van der Waals surface area contributed by atoms with E-state index in [1.54, 1.807) is 0 Å². The molecule has 0 saturated carbocycles. The predicted octanol–water partition coefficient (Wildman–Crippen LogP) is 5.79. The van der Waals surface area contributed by atoms with Crippen LogP contribution in [-0.2, 0) is 11.3 Å². The van der Waals surface area contributed by atoms with Gasteiger partial charge in [0.25, 0.3) is 0 Å². The number of hydrogen-bond donors (Lipinski definition) is 0. The fourth-order valence-corrected chi connectivity index (χ4v) is 4.91. The van der Waals surface area contributed by atoms with Crippen molar-refractivity contribution >= 4 is 46.2 Å². The third kappa shape index (κ3) is 5.03. The molecule has 0 amide bonds. The maximum Gasteiger partial charge on any atom is 0.118 e. The lowest BCUT2D eigenvalue weighted by molar-refractivity contribution is 0.127. The Morgan fingerprint density at radius 3 is 2.59 bits per heavy atom. The molecule has 0 N–H and O–H groups in total. The predicted molar refractivity (Wildman–Crippen MR) is 137 cm³/mol. The van der Waals surface area contributed by atoms with E-state index in [0.717, 1.165) is 62.7 Å². The molecule has 1 aliphatic heterocycles. The summed E-state index contributed by atoms with van der Waals surface area (Å²) in [4.78, 5) is 10.6. The summed E-state index contributed by atoms with van der Waals surface area (Å²) in [5, 5.41) is 7.95. The van der Waals surface area contributed by atoms with Crippen LogP contribution >= 0.6 is 24.0 Å². The molecule has 1 saturated heterocycles. The molecule has 0 aromatic heterocycles. The first kappa shape index (κ1) is 22.9. The van der Waals surface area contributed by atoms with Crippen molar-refractivity contribution in [2.75, 3.05) is 44.2 Å². The summed E-state index contributed by atoms with van der Waals surface area (Å²) >= 11 is 6.13. The number of aryl methyl sites for hydroxylation is 1. The van der Waals surface area contributed by atoms with Crippen LogP contribution in [0, 0.1) is 0 Å². The first-order valence-electron chi connectivity index (χ1n) is 11.2. The molecule has 1 aliphatic carbocycles. The van der Waals surface area contributed by atoms with Gasteiger partial charge >= 0.3 is 0 Å². The highest BCUT2D eigenvalue weighted by Crippen LogP contribution is 2.30. The molecule has 4 nitrogen and oxygen atoms in total. The standard InChI is InChI=1S/C26H28ClN3O.ClH/c27-21-6-3-7-22(19-21)30-16-14-29(15-17-30)13-4-18-31-28-26-12-11-24-23-8-2-1-5-20(23)9-10-25(24)26;/h1-3,5-10,19H,4,11-18H2;1H/b28-26+;. The number of rotatable bonds is 6. The lowest BCUT2D eigenvalue weighted by atomic mass is 10.0. The second-order valence-electron chi connectivity index (χ2n) is 8.35. The highest BCUT2D eigenvalue weighted by molar-refractivity contribution is 6.30. The lowest BCUT2D eigenvalue weighted by Gasteiger charge is -2.36. The zero-order valence-electron chi connectivity index (χ0n) is 18.2. The Hall–Kier alpha value is -2.27. The summed E-state index contributed by atoms with van der Waals surface area (Å²) in [7, 11) is 0. The molecular weight excluding hydrogens is 441 g/mol. The summed E-state index contributed by atoms with van der Waals surface area (Å²) in [6, 6.07) is 21.1. The highest BCUT2D eigenvalue weighted by atomic mass is 35.5. The Bertz CT molecular complexity index is 1090. The summed E-state index contributed by atoms with van der Waals surface area (Å²) in [6.45, 7) is 5.93. The van der Waals surface area contributed by atoms with Gasteiger partial charge in [-0.3, -0.25) is 4.90 Å². The van der Waals surface area contributed by atoms with E-state index in [1.807, 2.05) is 18.2 Å². The Morgan fingerprint density at radius 2 is 1.75 bits per heavy atom. The third-order valence-electron chi connectivity index (χ3n) is 6.39. The van der Waals surface area contributed by atoms with Gasteiger partial charge in [0.15, 0.2) is 0 Å². The lowest BCUT2D eigenvalue weighted by Crippen LogP contribution is -2.46. The molecule has 1 fully saturated rings. The molecule has 6 heteroatoms. The number of nitrogens with zero attached hydrogens (tertiary/aromatic N) is 3. The molecule has 0 unspecified atom stereocenters. The molecule has 5 rings (SSSR count). The minimum Gasteiger partial charge on any atom is -0.396 e.